The van der Waals surface area contributed by atoms with Gasteiger partial charge in [-0.05, 0) is 31.4 Å². The average molecular weight is 230 g/mol. The number of ether oxygens (including phenoxy) is 1. The van der Waals surface area contributed by atoms with Gasteiger partial charge in [-0.3, -0.25) is 0 Å². The molecule has 1 saturated carbocycles. The number of benzene rings is 1. The Bertz CT molecular complexity index is 336. The van der Waals surface area contributed by atoms with Crippen LogP contribution in [0.3, 0.4) is 0 Å². The van der Waals surface area contributed by atoms with E-state index < -0.39 is 0 Å². The summed E-state index contributed by atoms with van der Waals surface area (Å²) >= 11 is 0. The Labute approximate surface area is 104 Å². The molecule has 0 aliphatic heterocycles. The van der Waals surface area contributed by atoms with Crippen molar-refractivity contribution < 1.29 is 4.74 Å². The SMILES string of the molecule is C=CCC1(COc2ccccc2)CCCCC1. The standard InChI is InChI=1S/C16H22O/c1-2-11-16(12-7-4-8-13-16)14-17-15-9-5-3-6-10-15/h2-3,5-6,9-10H,1,4,7-8,11-14H2. The molecule has 2 rings (SSSR count). The van der Waals surface area contributed by atoms with E-state index in [1.165, 1.54) is 32.1 Å². The second-order valence-corrected chi connectivity index (χ2v) is 5.16. The van der Waals surface area contributed by atoms with E-state index in [1.807, 2.05) is 30.3 Å². The van der Waals surface area contributed by atoms with Gasteiger partial charge in [0.25, 0.3) is 0 Å². The molecule has 0 atom stereocenters. The number of allylic oxidation sites excluding steroid dienone is 1. The first-order chi connectivity index (χ1) is 8.35. The van der Waals surface area contributed by atoms with Gasteiger partial charge in [0, 0.05) is 5.41 Å². The zero-order valence-corrected chi connectivity index (χ0v) is 10.5. The van der Waals surface area contributed by atoms with E-state index in [0.29, 0.717) is 5.41 Å². The Morgan fingerprint density at radius 1 is 1.12 bits per heavy atom. The van der Waals surface area contributed by atoms with Crippen molar-refractivity contribution in [1.29, 1.82) is 0 Å². The van der Waals surface area contributed by atoms with Crippen molar-refractivity contribution in [2.45, 2.75) is 38.5 Å². The molecule has 0 amide bonds. The molecular formula is C16H22O. The summed E-state index contributed by atoms with van der Waals surface area (Å²) in [5, 5.41) is 0. The Balaban J connectivity index is 1.95. The molecule has 0 saturated heterocycles. The first-order valence-electron chi connectivity index (χ1n) is 6.63. The minimum atomic E-state index is 0.343. The van der Waals surface area contributed by atoms with Gasteiger partial charge in [0.05, 0.1) is 6.61 Å². The van der Waals surface area contributed by atoms with E-state index >= 15 is 0 Å². The molecule has 0 radical (unpaired) electrons. The molecule has 1 aromatic rings. The van der Waals surface area contributed by atoms with Gasteiger partial charge < -0.3 is 4.74 Å². The normalized spacial score (nSPS) is 18.6. The van der Waals surface area contributed by atoms with Crippen molar-refractivity contribution in [2.75, 3.05) is 6.61 Å². The topological polar surface area (TPSA) is 9.23 Å². The molecule has 1 fully saturated rings. The lowest BCUT2D eigenvalue weighted by Gasteiger charge is -2.36. The molecular weight excluding hydrogens is 208 g/mol. The Kier molecular flexibility index (Phi) is 4.24. The molecule has 17 heavy (non-hydrogen) atoms. The summed E-state index contributed by atoms with van der Waals surface area (Å²) in [6.07, 6.45) is 9.76. The smallest absolute Gasteiger partial charge is 0.119 e. The van der Waals surface area contributed by atoms with Crippen LogP contribution in [0, 0.1) is 5.41 Å². The zero-order valence-electron chi connectivity index (χ0n) is 10.5. The van der Waals surface area contributed by atoms with Crippen LogP contribution in [0.5, 0.6) is 5.75 Å². The summed E-state index contributed by atoms with van der Waals surface area (Å²) in [6, 6.07) is 10.1. The molecule has 1 nitrogen and oxygen atoms in total. The Morgan fingerprint density at radius 3 is 2.47 bits per heavy atom. The molecule has 1 aliphatic carbocycles. The first kappa shape index (κ1) is 12.2. The number of hydrogen-bond donors (Lipinski definition) is 0. The molecule has 1 aromatic carbocycles. The van der Waals surface area contributed by atoms with E-state index in [-0.39, 0.29) is 0 Å². The third kappa shape index (κ3) is 3.36. The minimum Gasteiger partial charge on any atom is -0.493 e. The molecule has 0 aromatic heterocycles. The lowest BCUT2D eigenvalue weighted by molar-refractivity contribution is 0.0996. The highest BCUT2D eigenvalue weighted by molar-refractivity contribution is 5.21. The molecule has 0 heterocycles. The lowest BCUT2D eigenvalue weighted by Crippen LogP contribution is -2.30. The van der Waals surface area contributed by atoms with Crippen LogP contribution in [-0.4, -0.2) is 6.61 Å². The van der Waals surface area contributed by atoms with E-state index in [9.17, 15) is 0 Å². The first-order valence-corrected chi connectivity index (χ1v) is 6.63. The molecule has 0 spiro atoms. The van der Waals surface area contributed by atoms with Crippen molar-refractivity contribution in [3.8, 4) is 5.75 Å². The van der Waals surface area contributed by atoms with Crippen molar-refractivity contribution in [3.05, 3.63) is 43.0 Å². The van der Waals surface area contributed by atoms with E-state index in [4.69, 9.17) is 4.74 Å². The van der Waals surface area contributed by atoms with Crippen LogP contribution in [0.4, 0.5) is 0 Å². The second-order valence-electron chi connectivity index (χ2n) is 5.16. The van der Waals surface area contributed by atoms with Crippen molar-refractivity contribution in [1.82, 2.24) is 0 Å². The van der Waals surface area contributed by atoms with Crippen LogP contribution in [0.2, 0.25) is 0 Å². The maximum Gasteiger partial charge on any atom is 0.119 e. The van der Waals surface area contributed by atoms with E-state index in [1.54, 1.807) is 0 Å². The molecule has 0 N–H and O–H groups in total. The molecule has 92 valence electrons. The van der Waals surface area contributed by atoms with Crippen molar-refractivity contribution in [2.24, 2.45) is 5.41 Å². The lowest BCUT2D eigenvalue weighted by atomic mass is 9.72. The van der Waals surface area contributed by atoms with Gasteiger partial charge in [0.1, 0.15) is 5.75 Å². The number of para-hydroxylation sites is 1. The van der Waals surface area contributed by atoms with Gasteiger partial charge >= 0.3 is 0 Å². The Hall–Kier alpha value is -1.24. The fourth-order valence-corrected chi connectivity index (χ4v) is 2.77. The second kappa shape index (κ2) is 5.90. The van der Waals surface area contributed by atoms with Crippen LogP contribution in [0.1, 0.15) is 38.5 Å². The zero-order chi connectivity index (χ0) is 12.0. The van der Waals surface area contributed by atoms with Crippen molar-refractivity contribution in [3.63, 3.8) is 0 Å². The van der Waals surface area contributed by atoms with Crippen molar-refractivity contribution >= 4 is 0 Å². The van der Waals surface area contributed by atoms with Gasteiger partial charge in [-0.15, -0.1) is 6.58 Å². The highest BCUT2D eigenvalue weighted by atomic mass is 16.5. The molecule has 0 bridgehead atoms. The van der Waals surface area contributed by atoms with E-state index in [2.05, 4.69) is 12.7 Å². The summed E-state index contributed by atoms with van der Waals surface area (Å²) in [6.45, 7) is 4.74. The average Bonchev–Trinajstić information content (AvgIpc) is 2.39. The maximum atomic E-state index is 5.95. The fourth-order valence-electron chi connectivity index (χ4n) is 2.77. The fraction of sp³-hybridized carbons (Fsp3) is 0.500. The maximum absolute atomic E-state index is 5.95. The molecule has 0 unspecified atom stereocenters. The van der Waals surface area contributed by atoms with Crippen LogP contribution in [0.15, 0.2) is 43.0 Å². The number of rotatable bonds is 5. The van der Waals surface area contributed by atoms with E-state index in [0.717, 1.165) is 18.8 Å². The predicted octanol–water partition coefficient (Wildman–Crippen LogP) is 4.59. The third-order valence-electron chi connectivity index (χ3n) is 3.78. The van der Waals surface area contributed by atoms with Gasteiger partial charge in [-0.25, -0.2) is 0 Å². The molecule has 1 aliphatic rings. The summed E-state index contributed by atoms with van der Waals surface area (Å²) in [5.74, 6) is 0.988. The summed E-state index contributed by atoms with van der Waals surface area (Å²) in [5.41, 5.74) is 0.343. The van der Waals surface area contributed by atoms with Gasteiger partial charge in [0.15, 0.2) is 0 Å². The minimum absolute atomic E-state index is 0.343. The predicted molar refractivity (Wildman–Crippen MR) is 72.3 cm³/mol. The van der Waals surface area contributed by atoms with Crippen LogP contribution in [-0.2, 0) is 0 Å². The van der Waals surface area contributed by atoms with Gasteiger partial charge in [-0.1, -0.05) is 43.5 Å². The van der Waals surface area contributed by atoms with Crippen LogP contribution >= 0.6 is 0 Å². The summed E-state index contributed by atoms with van der Waals surface area (Å²) < 4.78 is 5.95. The van der Waals surface area contributed by atoms with Gasteiger partial charge in [-0.2, -0.15) is 0 Å². The molecule has 1 heteroatoms. The third-order valence-corrected chi connectivity index (χ3v) is 3.78. The van der Waals surface area contributed by atoms with Gasteiger partial charge in [0.2, 0.25) is 0 Å². The monoisotopic (exact) mass is 230 g/mol. The Morgan fingerprint density at radius 2 is 1.82 bits per heavy atom. The summed E-state index contributed by atoms with van der Waals surface area (Å²) in [7, 11) is 0. The van der Waals surface area contributed by atoms with Crippen LogP contribution in [0.25, 0.3) is 0 Å². The summed E-state index contributed by atoms with van der Waals surface area (Å²) in [4.78, 5) is 0. The largest absolute Gasteiger partial charge is 0.493 e. The van der Waals surface area contributed by atoms with Crippen LogP contribution < -0.4 is 4.74 Å². The highest BCUT2D eigenvalue weighted by Crippen LogP contribution is 2.39. The highest BCUT2D eigenvalue weighted by Gasteiger charge is 2.31. The quantitative estimate of drug-likeness (QED) is 0.672. The number of hydrogen-bond acceptors (Lipinski definition) is 1.